The number of ether oxygens (including phenoxy) is 2. The van der Waals surface area contributed by atoms with E-state index in [1.165, 1.54) is 37.4 Å². The van der Waals surface area contributed by atoms with Crippen LogP contribution >= 0.6 is 0 Å². The highest BCUT2D eigenvalue weighted by Crippen LogP contribution is 2.41. The van der Waals surface area contributed by atoms with Crippen LogP contribution in [0.5, 0.6) is 11.5 Å². The molecule has 2 heterocycles. The lowest BCUT2D eigenvalue weighted by Gasteiger charge is -2.30. The first-order valence-electron chi connectivity index (χ1n) is 11.7. The quantitative estimate of drug-likeness (QED) is 0.233. The Labute approximate surface area is 220 Å². The summed E-state index contributed by atoms with van der Waals surface area (Å²) in [5.74, 6) is -1.10. The number of hydrogen-bond acceptors (Lipinski definition) is 6. The Morgan fingerprint density at radius 3 is 2.46 bits per heavy atom. The molecule has 4 aromatic rings. The molecule has 2 aromatic heterocycles. The van der Waals surface area contributed by atoms with Crippen molar-refractivity contribution in [2.75, 3.05) is 26.9 Å². The molecule has 12 heteroatoms. The van der Waals surface area contributed by atoms with Gasteiger partial charge in [-0.1, -0.05) is 0 Å². The monoisotopic (exact) mass is 547 g/mol. The zero-order chi connectivity index (χ0) is 28.4. The number of aromatic amines is 1. The number of carbonyl (C=O) groups excluding carboxylic acids is 1. The van der Waals surface area contributed by atoms with Crippen molar-refractivity contribution in [3.8, 4) is 22.8 Å². The van der Waals surface area contributed by atoms with Gasteiger partial charge in [0.1, 0.15) is 12.4 Å². The summed E-state index contributed by atoms with van der Waals surface area (Å²) in [6.07, 6.45) is -3.65. The van der Waals surface area contributed by atoms with Crippen LogP contribution in [0.15, 0.2) is 54.7 Å². The van der Waals surface area contributed by atoms with Crippen molar-refractivity contribution in [2.24, 2.45) is 0 Å². The van der Waals surface area contributed by atoms with Crippen LogP contribution in [-0.2, 0) is 5.60 Å². The van der Waals surface area contributed by atoms with Crippen LogP contribution in [0.1, 0.15) is 21.6 Å². The molecule has 0 saturated carbocycles. The highest BCUT2D eigenvalue weighted by Gasteiger charge is 2.56. The number of aromatic nitrogens is 2. The summed E-state index contributed by atoms with van der Waals surface area (Å²) in [4.78, 5) is 19.9. The number of alkyl halides is 3. The van der Waals surface area contributed by atoms with Crippen molar-refractivity contribution in [3.63, 3.8) is 0 Å². The topological polar surface area (TPSA) is 117 Å². The van der Waals surface area contributed by atoms with Gasteiger partial charge < -0.3 is 30.0 Å². The van der Waals surface area contributed by atoms with Crippen molar-refractivity contribution in [2.45, 2.75) is 18.7 Å². The number of rotatable bonds is 9. The van der Waals surface area contributed by atoms with E-state index >= 15 is 0 Å². The average molecular weight is 548 g/mol. The first-order valence-corrected chi connectivity index (χ1v) is 11.7. The zero-order valence-electron chi connectivity index (χ0n) is 20.9. The third kappa shape index (κ3) is 5.52. The van der Waals surface area contributed by atoms with Gasteiger partial charge in [0, 0.05) is 22.7 Å². The van der Waals surface area contributed by atoms with E-state index in [1.807, 2.05) is 0 Å². The largest absolute Gasteiger partial charge is 0.493 e. The fourth-order valence-electron chi connectivity index (χ4n) is 4.02. The van der Waals surface area contributed by atoms with Gasteiger partial charge in [0.25, 0.3) is 5.91 Å². The third-order valence-electron chi connectivity index (χ3n) is 6.17. The minimum Gasteiger partial charge on any atom is -0.493 e. The molecule has 2 aromatic carbocycles. The number of hydrogen-bond donors (Lipinski definition) is 4. The standard InChI is InChI=1S/C27H25F4N3O5/c1-15-13-32-24-19(15)12-22(34-23(24)16-3-6-18(28)7-4-16)26(37,27(29,30)31)14-33-25(36)17-5-8-20(39-10-9-35)21(11-17)38-2/h3-8,11-13,32,35,37H,9-10,14H2,1-2H3,(H,33,36)/t26-/m1/s1. The lowest BCUT2D eigenvalue weighted by Crippen LogP contribution is -2.51. The average Bonchev–Trinajstić information content (AvgIpc) is 3.30. The van der Waals surface area contributed by atoms with Gasteiger partial charge in [-0.2, -0.15) is 13.2 Å². The zero-order valence-corrected chi connectivity index (χ0v) is 20.9. The Morgan fingerprint density at radius 1 is 1.10 bits per heavy atom. The van der Waals surface area contributed by atoms with Gasteiger partial charge >= 0.3 is 6.18 Å². The second kappa shape index (κ2) is 10.9. The molecule has 0 unspecified atom stereocenters. The summed E-state index contributed by atoms with van der Waals surface area (Å²) in [5, 5.41) is 22.5. The number of carbonyl (C=O) groups is 1. The number of aliphatic hydroxyl groups excluding tert-OH is 1. The molecule has 0 saturated heterocycles. The molecular weight excluding hydrogens is 522 g/mol. The molecule has 8 nitrogen and oxygen atoms in total. The van der Waals surface area contributed by atoms with E-state index in [4.69, 9.17) is 14.6 Å². The van der Waals surface area contributed by atoms with Gasteiger partial charge in [0.15, 0.2) is 11.5 Å². The molecule has 0 aliphatic heterocycles. The highest BCUT2D eigenvalue weighted by atomic mass is 19.4. The van der Waals surface area contributed by atoms with Crippen molar-refractivity contribution < 1.29 is 42.0 Å². The summed E-state index contributed by atoms with van der Waals surface area (Å²) in [6.45, 7) is 0.142. The van der Waals surface area contributed by atoms with Gasteiger partial charge in [-0.3, -0.25) is 4.79 Å². The number of fused-ring (bicyclic) bond motifs is 1. The first kappa shape index (κ1) is 27.9. The molecule has 0 fully saturated rings. The molecular formula is C27H25F4N3O5. The first-order chi connectivity index (χ1) is 18.5. The Bertz CT molecular complexity index is 1490. The number of methoxy groups -OCH3 is 1. The van der Waals surface area contributed by atoms with E-state index in [1.54, 1.807) is 13.1 Å². The number of nitrogens with zero attached hydrogens (tertiary/aromatic N) is 1. The second-order valence-corrected chi connectivity index (χ2v) is 8.74. The van der Waals surface area contributed by atoms with Crippen LogP contribution < -0.4 is 14.8 Å². The number of H-pyrrole nitrogens is 1. The van der Waals surface area contributed by atoms with Gasteiger partial charge in [0.2, 0.25) is 5.60 Å². The van der Waals surface area contributed by atoms with Gasteiger partial charge in [-0.25, -0.2) is 9.37 Å². The second-order valence-electron chi connectivity index (χ2n) is 8.74. The third-order valence-corrected chi connectivity index (χ3v) is 6.17. The van der Waals surface area contributed by atoms with E-state index in [-0.39, 0.29) is 36.0 Å². The van der Waals surface area contributed by atoms with Crippen LogP contribution in [-0.4, -0.2) is 59.1 Å². The van der Waals surface area contributed by atoms with Crippen molar-refractivity contribution >= 4 is 16.8 Å². The number of aliphatic hydroxyl groups is 2. The molecule has 0 bridgehead atoms. The lowest BCUT2D eigenvalue weighted by atomic mass is 9.95. The van der Waals surface area contributed by atoms with Crippen LogP contribution in [0.4, 0.5) is 17.6 Å². The van der Waals surface area contributed by atoms with Crippen LogP contribution in [0.25, 0.3) is 22.2 Å². The maximum Gasteiger partial charge on any atom is 0.424 e. The van der Waals surface area contributed by atoms with E-state index < -0.39 is 35.7 Å². The number of aryl methyl sites for hydroxylation is 1. The smallest absolute Gasteiger partial charge is 0.424 e. The maximum atomic E-state index is 14.4. The predicted octanol–water partition coefficient (Wildman–Crippen LogP) is 4.24. The SMILES string of the molecule is COc1cc(C(=O)NC[C@@](O)(c2cc3c(C)c[nH]c3c(-c3ccc(F)cc3)n2)C(F)(F)F)ccc1OCCO. The predicted molar refractivity (Wildman–Crippen MR) is 134 cm³/mol. The van der Waals surface area contributed by atoms with E-state index in [9.17, 15) is 27.5 Å². The summed E-state index contributed by atoms with van der Waals surface area (Å²) in [7, 11) is 1.31. The van der Waals surface area contributed by atoms with Crippen LogP contribution in [0.3, 0.4) is 0 Å². The van der Waals surface area contributed by atoms with E-state index in [0.717, 1.165) is 18.2 Å². The van der Waals surface area contributed by atoms with Crippen molar-refractivity contribution in [3.05, 3.63) is 77.4 Å². The maximum absolute atomic E-state index is 14.4. The summed E-state index contributed by atoms with van der Waals surface area (Å²) in [5.41, 5.74) is -2.95. The van der Waals surface area contributed by atoms with Crippen molar-refractivity contribution in [1.29, 1.82) is 0 Å². The Morgan fingerprint density at radius 2 is 1.82 bits per heavy atom. The number of pyridine rings is 1. The van der Waals surface area contributed by atoms with Gasteiger partial charge in [0.05, 0.1) is 37.2 Å². The Kier molecular flexibility index (Phi) is 7.79. The minimum absolute atomic E-state index is 0.0294. The van der Waals surface area contributed by atoms with E-state index in [2.05, 4.69) is 15.3 Å². The number of halogens is 4. The fourth-order valence-corrected chi connectivity index (χ4v) is 4.02. The van der Waals surface area contributed by atoms with Crippen LogP contribution in [0.2, 0.25) is 0 Å². The molecule has 206 valence electrons. The molecule has 0 spiro atoms. The van der Waals surface area contributed by atoms with Crippen LogP contribution in [0, 0.1) is 12.7 Å². The number of benzene rings is 2. The van der Waals surface area contributed by atoms with E-state index in [0.29, 0.717) is 22.0 Å². The summed E-state index contributed by atoms with van der Waals surface area (Å²) in [6, 6.07) is 10.1. The molecule has 1 amide bonds. The fraction of sp³-hybridized carbons (Fsp3) is 0.259. The number of nitrogens with one attached hydrogen (secondary N) is 2. The summed E-state index contributed by atoms with van der Waals surface area (Å²) >= 11 is 0. The Hall–Kier alpha value is -4.16. The number of amides is 1. The Balaban J connectivity index is 1.71. The summed E-state index contributed by atoms with van der Waals surface area (Å²) < 4.78 is 67.1. The minimum atomic E-state index is -5.23. The molecule has 39 heavy (non-hydrogen) atoms. The van der Waals surface area contributed by atoms with Crippen molar-refractivity contribution in [1.82, 2.24) is 15.3 Å². The molecule has 1 atom stereocenters. The molecule has 4 rings (SSSR count). The lowest BCUT2D eigenvalue weighted by molar-refractivity contribution is -0.265. The molecule has 0 aliphatic rings. The van der Waals surface area contributed by atoms with Gasteiger partial charge in [-0.05, 0) is 61.0 Å². The molecule has 4 N–H and O–H groups in total. The molecule has 0 aliphatic carbocycles. The highest BCUT2D eigenvalue weighted by molar-refractivity contribution is 5.95. The van der Waals surface area contributed by atoms with Gasteiger partial charge in [-0.15, -0.1) is 0 Å². The normalized spacial score (nSPS) is 13.2. The molecule has 0 radical (unpaired) electrons.